The number of aromatic nitrogens is 3. The molecule has 3 aromatic rings. The summed E-state index contributed by atoms with van der Waals surface area (Å²) in [5, 5.41) is 3.07. The lowest BCUT2D eigenvalue weighted by molar-refractivity contribution is 0.464. The maximum Gasteiger partial charge on any atom is 0.248 e. The minimum atomic E-state index is 0.289. The fraction of sp³-hybridized carbons (Fsp3) is 0.0625. The van der Waals surface area contributed by atoms with E-state index < -0.39 is 0 Å². The summed E-state index contributed by atoms with van der Waals surface area (Å²) in [5.74, 6) is 2.03. The smallest absolute Gasteiger partial charge is 0.248 e. The summed E-state index contributed by atoms with van der Waals surface area (Å²) in [6, 6.07) is 13.1. The van der Waals surface area contributed by atoms with Gasteiger partial charge in [-0.05, 0) is 43.3 Å². The van der Waals surface area contributed by atoms with E-state index in [0.717, 1.165) is 10.2 Å². The van der Waals surface area contributed by atoms with E-state index in [1.807, 2.05) is 49.4 Å². The quantitative estimate of drug-likeness (QED) is 0.718. The van der Waals surface area contributed by atoms with E-state index >= 15 is 0 Å². The average molecular weight is 372 g/mol. The van der Waals surface area contributed by atoms with Gasteiger partial charge >= 0.3 is 0 Å². The van der Waals surface area contributed by atoms with Crippen molar-refractivity contribution in [2.45, 2.75) is 6.92 Å². The molecule has 2 heterocycles. The molecule has 116 valence electrons. The summed E-state index contributed by atoms with van der Waals surface area (Å²) in [4.78, 5) is 12.6. The van der Waals surface area contributed by atoms with E-state index in [4.69, 9.17) is 10.5 Å². The number of nitrogens with two attached hydrogens (primary N) is 1. The minimum Gasteiger partial charge on any atom is -0.437 e. The number of ether oxygens (including phenoxy) is 1. The van der Waals surface area contributed by atoms with Crippen LogP contribution in [0.15, 0.2) is 53.3 Å². The monoisotopic (exact) mass is 371 g/mol. The molecule has 0 aliphatic carbocycles. The number of nitrogen functional groups attached to an aromatic ring is 1. The number of nitrogens with zero attached hydrogens (tertiary/aromatic N) is 3. The number of hydrogen-bond acceptors (Lipinski definition) is 6. The Kier molecular flexibility index (Phi) is 4.38. The lowest BCUT2D eigenvalue weighted by Gasteiger charge is -2.11. The number of hydrogen-bond donors (Lipinski definition) is 2. The minimum absolute atomic E-state index is 0.289. The Morgan fingerprint density at radius 3 is 2.61 bits per heavy atom. The Balaban J connectivity index is 1.84. The number of aryl methyl sites for hydroxylation is 1. The lowest BCUT2D eigenvalue weighted by atomic mass is 10.3. The standard InChI is InChI=1S/C16H14BrN5O/c1-10-3-2-4-13(21-10)22-15-14(18)16(20-9-19-15)23-12-7-5-11(17)6-8-12/h2-9H,18H2,1H3,(H,19,20,21,22). The Morgan fingerprint density at radius 1 is 1.09 bits per heavy atom. The molecule has 1 aromatic carbocycles. The highest BCUT2D eigenvalue weighted by Crippen LogP contribution is 2.30. The van der Waals surface area contributed by atoms with E-state index in [1.165, 1.54) is 6.33 Å². The van der Waals surface area contributed by atoms with Crippen molar-refractivity contribution in [2.24, 2.45) is 0 Å². The first kappa shape index (κ1) is 15.2. The molecule has 0 saturated carbocycles. The van der Waals surface area contributed by atoms with Crippen molar-refractivity contribution >= 4 is 33.3 Å². The van der Waals surface area contributed by atoms with Crippen molar-refractivity contribution in [1.29, 1.82) is 0 Å². The van der Waals surface area contributed by atoms with Crippen LogP contribution in [0, 0.1) is 6.92 Å². The molecule has 0 bridgehead atoms. The summed E-state index contributed by atoms with van der Waals surface area (Å²) >= 11 is 3.38. The molecule has 23 heavy (non-hydrogen) atoms. The Labute approximate surface area is 141 Å². The van der Waals surface area contributed by atoms with Crippen LogP contribution in [-0.4, -0.2) is 15.0 Å². The summed E-state index contributed by atoms with van der Waals surface area (Å²) in [6.45, 7) is 1.91. The van der Waals surface area contributed by atoms with Gasteiger partial charge in [0.1, 0.15) is 23.6 Å². The molecule has 0 aliphatic rings. The second-order valence-electron chi connectivity index (χ2n) is 4.79. The molecular weight excluding hydrogens is 358 g/mol. The SMILES string of the molecule is Cc1cccc(Nc2ncnc(Oc3ccc(Br)cc3)c2N)n1. The van der Waals surface area contributed by atoms with Crippen LogP contribution in [-0.2, 0) is 0 Å². The van der Waals surface area contributed by atoms with Crippen LogP contribution >= 0.6 is 15.9 Å². The Bertz CT molecular complexity index is 823. The number of pyridine rings is 1. The molecule has 0 fully saturated rings. The highest BCUT2D eigenvalue weighted by atomic mass is 79.9. The second-order valence-corrected chi connectivity index (χ2v) is 5.70. The molecule has 7 heteroatoms. The average Bonchev–Trinajstić information content (AvgIpc) is 2.53. The van der Waals surface area contributed by atoms with Gasteiger partial charge in [0.05, 0.1) is 0 Å². The van der Waals surface area contributed by atoms with Gasteiger partial charge in [-0.2, -0.15) is 4.98 Å². The molecule has 0 radical (unpaired) electrons. The van der Waals surface area contributed by atoms with E-state index in [1.54, 1.807) is 0 Å². The van der Waals surface area contributed by atoms with Gasteiger partial charge in [-0.25, -0.2) is 9.97 Å². The van der Waals surface area contributed by atoms with Gasteiger partial charge in [0.2, 0.25) is 5.88 Å². The van der Waals surface area contributed by atoms with E-state index in [9.17, 15) is 0 Å². The van der Waals surface area contributed by atoms with Gasteiger partial charge in [-0.3, -0.25) is 0 Å². The van der Waals surface area contributed by atoms with Crippen LogP contribution in [0.5, 0.6) is 11.6 Å². The Morgan fingerprint density at radius 2 is 1.87 bits per heavy atom. The van der Waals surface area contributed by atoms with Crippen LogP contribution in [0.2, 0.25) is 0 Å². The van der Waals surface area contributed by atoms with Gasteiger partial charge in [-0.1, -0.05) is 22.0 Å². The van der Waals surface area contributed by atoms with E-state index in [2.05, 4.69) is 36.2 Å². The highest BCUT2D eigenvalue weighted by molar-refractivity contribution is 9.10. The van der Waals surface area contributed by atoms with Crippen molar-refractivity contribution < 1.29 is 4.74 Å². The van der Waals surface area contributed by atoms with Crippen molar-refractivity contribution in [2.75, 3.05) is 11.1 Å². The first-order valence-corrected chi connectivity index (χ1v) is 7.66. The molecule has 3 N–H and O–H groups in total. The maximum absolute atomic E-state index is 6.10. The molecular formula is C16H14BrN5O. The molecule has 0 aliphatic heterocycles. The highest BCUT2D eigenvalue weighted by Gasteiger charge is 2.11. The fourth-order valence-corrected chi connectivity index (χ4v) is 2.17. The molecule has 0 spiro atoms. The zero-order chi connectivity index (χ0) is 16.2. The van der Waals surface area contributed by atoms with Gasteiger partial charge < -0.3 is 15.8 Å². The normalized spacial score (nSPS) is 10.3. The van der Waals surface area contributed by atoms with Gasteiger partial charge in [-0.15, -0.1) is 0 Å². The number of nitrogens with one attached hydrogen (secondary N) is 1. The number of rotatable bonds is 4. The van der Waals surface area contributed by atoms with Crippen LogP contribution in [0.4, 0.5) is 17.3 Å². The third kappa shape index (κ3) is 3.75. The molecule has 2 aromatic heterocycles. The maximum atomic E-state index is 6.10. The van der Waals surface area contributed by atoms with Gasteiger partial charge in [0.25, 0.3) is 0 Å². The fourth-order valence-electron chi connectivity index (χ4n) is 1.91. The molecule has 0 atom stereocenters. The summed E-state index contributed by atoms with van der Waals surface area (Å²) in [6.07, 6.45) is 1.39. The Hall–Kier alpha value is -2.67. The van der Waals surface area contributed by atoms with Crippen molar-refractivity contribution in [3.63, 3.8) is 0 Å². The van der Waals surface area contributed by atoms with Crippen LogP contribution < -0.4 is 15.8 Å². The number of benzene rings is 1. The lowest BCUT2D eigenvalue weighted by Crippen LogP contribution is -2.04. The van der Waals surface area contributed by atoms with E-state index in [0.29, 0.717) is 23.1 Å². The van der Waals surface area contributed by atoms with Crippen LogP contribution in [0.1, 0.15) is 5.69 Å². The first-order chi connectivity index (χ1) is 11.1. The summed E-state index contributed by atoms with van der Waals surface area (Å²) < 4.78 is 6.67. The van der Waals surface area contributed by atoms with Gasteiger partial charge in [0, 0.05) is 10.2 Å². The molecule has 3 rings (SSSR count). The van der Waals surface area contributed by atoms with E-state index in [-0.39, 0.29) is 5.88 Å². The van der Waals surface area contributed by atoms with Gasteiger partial charge in [0.15, 0.2) is 5.82 Å². The molecule has 0 saturated heterocycles. The number of anilines is 3. The predicted octanol–water partition coefficient (Wildman–Crippen LogP) is 4.06. The zero-order valence-corrected chi connectivity index (χ0v) is 13.9. The zero-order valence-electron chi connectivity index (χ0n) is 12.3. The molecule has 0 unspecified atom stereocenters. The first-order valence-electron chi connectivity index (χ1n) is 6.86. The molecule has 0 amide bonds. The summed E-state index contributed by atoms with van der Waals surface area (Å²) in [5.41, 5.74) is 7.31. The van der Waals surface area contributed by atoms with Crippen molar-refractivity contribution in [3.05, 3.63) is 59.0 Å². The summed E-state index contributed by atoms with van der Waals surface area (Å²) in [7, 11) is 0. The second kappa shape index (κ2) is 6.62. The van der Waals surface area contributed by atoms with Crippen molar-refractivity contribution in [3.8, 4) is 11.6 Å². The third-order valence-electron chi connectivity index (χ3n) is 3.01. The van der Waals surface area contributed by atoms with Crippen LogP contribution in [0.25, 0.3) is 0 Å². The predicted molar refractivity (Wildman–Crippen MR) is 92.9 cm³/mol. The van der Waals surface area contributed by atoms with Crippen molar-refractivity contribution in [1.82, 2.24) is 15.0 Å². The largest absolute Gasteiger partial charge is 0.437 e. The number of halogens is 1. The molecule has 6 nitrogen and oxygen atoms in total. The van der Waals surface area contributed by atoms with Crippen LogP contribution in [0.3, 0.4) is 0 Å². The third-order valence-corrected chi connectivity index (χ3v) is 3.54. The topological polar surface area (TPSA) is 86.0 Å².